The third kappa shape index (κ3) is 2.94. The number of nitrogens with one attached hydrogen (secondary N) is 1. The van der Waals surface area contributed by atoms with Crippen LogP contribution in [0.3, 0.4) is 0 Å². The van der Waals surface area contributed by atoms with Gasteiger partial charge in [0.15, 0.2) is 0 Å². The molecule has 0 fully saturated rings. The van der Waals surface area contributed by atoms with E-state index in [0.717, 1.165) is 22.1 Å². The summed E-state index contributed by atoms with van der Waals surface area (Å²) in [4.78, 5) is 13.0. The Bertz CT molecular complexity index is 1200. The normalized spacial score (nSPS) is 15.6. The molecule has 1 aliphatic heterocycles. The molecule has 1 unspecified atom stereocenters. The third-order valence-corrected chi connectivity index (χ3v) is 7.05. The minimum Gasteiger partial charge on any atom is -0.348 e. The van der Waals surface area contributed by atoms with Gasteiger partial charge in [-0.1, -0.05) is 48.0 Å². The molecular formula is C22H22N2O3S. The van der Waals surface area contributed by atoms with E-state index >= 15 is 0 Å². The molecular weight excluding hydrogens is 372 g/mol. The number of nitrogens with zero attached hydrogens (tertiary/aromatic N) is 1. The average Bonchev–Trinajstić information content (AvgIpc) is 2.87. The SMILES string of the molecule is Cc1ccc(C)c(C(C)NC(=O)CN2c3cccc4cccc(c34)S2(=O)=O)c1. The fourth-order valence-corrected chi connectivity index (χ4v) is 5.52. The molecule has 144 valence electrons. The lowest BCUT2D eigenvalue weighted by molar-refractivity contribution is -0.120. The van der Waals surface area contributed by atoms with E-state index in [-0.39, 0.29) is 23.4 Å². The fourth-order valence-electron chi connectivity index (χ4n) is 3.85. The van der Waals surface area contributed by atoms with Gasteiger partial charge >= 0.3 is 0 Å². The van der Waals surface area contributed by atoms with Gasteiger partial charge in [-0.2, -0.15) is 0 Å². The standard InChI is InChI=1S/C22H22N2O3S/c1-14-10-11-15(2)18(12-14)16(3)23-21(25)13-24-19-8-4-6-17-7-5-9-20(22(17)19)28(24,26)27/h4-12,16H,13H2,1-3H3,(H,23,25). The summed E-state index contributed by atoms with van der Waals surface area (Å²) in [6.07, 6.45) is 0. The molecule has 28 heavy (non-hydrogen) atoms. The molecule has 1 heterocycles. The second-order valence-corrected chi connectivity index (χ2v) is 9.12. The number of sulfonamides is 1. The molecule has 1 amide bonds. The second kappa shape index (κ2) is 6.63. The number of amides is 1. The molecule has 0 bridgehead atoms. The summed E-state index contributed by atoms with van der Waals surface area (Å²) in [7, 11) is -3.74. The van der Waals surface area contributed by atoms with E-state index in [9.17, 15) is 13.2 Å². The number of hydrogen-bond donors (Lipinski definition) is 1. The lowest BCUT2D eigenvalue weighted by atomic mass is 10.00. The van der Waals surface area contributed by atoms with Crippen LogP contribution in [0.15, 0.2) is 59.5 Å². The van der Waals surface area contributed by atoms with E-state index in [4.69, 9.17) is 0 Å². The Kier molecular flexibility index (Phi) is 4.38. The first-order valence-corrected chi connectivity index (χ1v) is 10.6. The van der Waals surface area contributed by atoms with Crippen LogP contribution in [0.4, 0.5) is 5.69 Å². The topological polar surface area (TPSA) is 66.5 Å². The van der Waals surface area contributed by atoms with Crippen LogP contribution < -0.4 is 9.62 Å². The molecule has 4 rings (SSSR count). The van der Waals surface area contributed by atoms with Gasteiger partial charge in [-0.3, -0.25) is 9.10 Å². The molecule has 0 aliphatic carbocycles. The minimum atomic E-state index is -3.74. The minimum absolute atomic E-state index is 0.212. The maximum Gasteiger partial charge on any atom is 0.265 e. The first-order valence-electron chi connectivity index (χ1n) is 9.20. The predicted molar refractivity (Wildman–Crippen MR) is 111 cm³/mol. The van der Waals surface area contributed by atoms with E-state index in [2.05, 4.69) is 5.32 Å². The first-order chi connectivity index (χ1) is 13.3. The van der Waals surface area contributed by atoms with Crippen LogP contribution in [0.5, 0.6) is 0 Å². The maximum atomic E-state index is 13.0. The first kappa shape index (κ1) is 18.5. The van der Waals surface area contributed by atoms with Gasteiger partial charge in [0.05, 0.1) is 16.6 Å². The third-order valence-electron chi connectivity index (χ3n) is 5.25. The van der Waals surface area contributed by atoms with Crippen LogP contribution in [0.2, 0.25) is 0 Å². The lowest BCUT2D eigenvalue weighted by Gasteiger charge is -2.21. The number of aryl methyl sites for hydroxylation is 2. The molecule has 1 atom stereocenters. The number of carbonyl (C=O) groups is 1. The van der Waals surface area contributed by atoms with Crippen LogP contribution >= 0.6 is 0 Å². The molecule has 0 aromatic heterocycles. The van der Waals surface area contributed by atoms with Crippen molar-refractivity contribution < 1.29 is 13.2 Å². The highest BCUT2D eigenvalue weighted by Gasteiger charge is 2.36. The van der Waals surface area contributed by atoms with Gasteiger partial charge in [0, 0.05) is 5.39 Å². The molecule has 6 heteroatoms. The van der Waals surface area contributed by atoms with E-state index in [0.29, 0.717) is 11.1 Å². The summed E-state index contributed by atoms with van der Waals surface area (Å²) in [5.41, 5.74) is 3.79. The zero-order valence-corrected chi connectivity index (χ0v) is 16.9. The van der Waals surface area contributed by atoms with Gasteiger partial charge in [0.2, 0.25) is 5.91 Å². The summed E-state index contributed by atoms with van der Waals surface area (Å²) in [5.74, 6) is -0.332. The van der Waals surface area contributed by atoms with Crippen molar-refractivity contribution in [2.75, 3.05) is 10.8 Å². The molecule has 0 saturated carbocycles. The lowest BCUT2D eigenvalue weighted by Crippen LogP contribution is -2.40. The monoisotopic (exact) mass is 394 g/mol. The van der Waals surface area contributed by atoms with Crippen molar-refractivity contribution in [3.05, 3.63) is 71.3 Å². The Morgan fingerprint density at radius 3 is 2.54 bits per heavy atom. The molecule has 5 nitrogen and oxygen atoms in total. The number of carbonyl (C=O) groups excluding carboxylic acids is 1. The van der Waals surface area contributed by atoms with Gasteiger partial charge in [0.1, 0.15) is 6.54 Å². The van der Waals surface area contributed by atoms with Crippen molar-refractivity contribution in [2.45, 2.75) is 31.7 Å². The quantitative estimate of drug-likeness (QED) is 0.731. The fraction of sp³-hybridized carbons (Fsp3) is 0.227. The van der Waals surface area contributed by atoms with Crippen molar-refractivity contribution >= 4 is 32.4 Å². The average molecular weight is 394 g/mol. The van der Waals surface area contributed by atoms with Crippen molar-refractivity contribution in [1.29, 1.82) is 0 Å². The smallest absolute Gasteiger partial charge is 0.265 e. The van der Waals surface area contributed by atoms with Gasteiger partial charge in [-0.25, -0.2) is 8.42 Å². The van der Waals surface area contributed by atoms with Crippen LogP contribution in [0.1, 0.15) is 29.7 Å². The van der Waals surface area contributed by atoms with Gasteiger partial charge in [-0.05, 0) is 49.4 Å². The maximum absolute atomic E-state index is 13.0. The largest absolute Gasteiger partial charge is 0.348 e. The predicted octanol–water partition coefficient (Wildman–Crippen LogP) is 3.84. The van der Waals surface area contributed by atoms with Gasteiger partial charge < -0.3 is 5.32 Å². The van der Waals surface area contributed by atoms with Crippen LogP contribution in [0.25, 0.3) is 10.8 Å². The zero-order valence-electron chi connectivity index (χ0n) is 16.1. The van der Waals surface area contributed by atoms with E-state index < -0.39 is 10.0 Å². The second-order valence-electron chi connectivity index (χ2n) is 7.29. The van der Waals surface area contributed by atoms with E-state index in [1.54, 1.807) is 18.2 Å². The summed E-state index contributed by atoms with van der Waals surface area (Å²) < 4.78 is 27.2. The highest BCUT2D eigenvalue weighted by Crippen LogP contribution is 2.41. The number of anilines is 1. The summed E-state index contributed by atoms with van der Waals surface area (Å²) >= 11 is 0. The van der Waals surface area contributed by atoms with E-state index in [1.807, 2.05) is 57.2 Å². The van der Waals surface area contributed by atoms with Crippen LogP contribution in [0, 0.1) is 13.8 Å². The van der Waals surface area contributed by atoms with Crippen molar-refractivity contribution in [1.82, 2.24) is 5.32 Å². The Morgan fingerprint density at radius 1 is 1.07 bits per heavy atom. The molecule has 0 saturated heterocycles. The Balaban J connectivity index is 1.60. The van der Waals surface area contributed by atoms with Gasteiger partial charge in [0.25, 0.3) is 10.0 Å². The van der Waals surface area contributed by atoms with Crippen LogP contribution in [-0.4, -0.2) is 20.9 Å². The zero-order chi connectivity index (χ0) is 20.1. The molecule has 1 aliphatic rings. The van der Waals surface area contributed by atoms with Crippen molar-refractivity contribution in [2.24, 2.45) is 0 Å². The number of benzene rings is 3. The van der Waals surface area contributed by atoms with Crippen LogP contribution in [-0.2, 0) is 14.8 Å². The molecule has 3 aromatic rings. The van der Waals surface area contributed by atoms with Crippen molar-refractivity contribution in [3.63, 3.8) is 0 Å². The highest BCUT2D eigenvalue weighted by atomic mass is 32.2. The summed E-state index contributed by atoms with van der Waals surface area (Å²) in [5, 5.41) is 4.48. The Hall–Kier alpha value is -2.86. The van der Waals surface area contributed by atoms with E-state index in [1.165, 1.54) is 4.31 Å². The summed E-state index contributed by atoms with van der Waals surface area (Å²) in [6, 6.07) is 16.5. The Labute approximate surface area is 165 Å². The molecule has 0 spiro atoms. The van der Waals surface area contributed by atoms with Crippen molar-refractivity contribution in [3.8, 4) is 0 Å². The Morgan fingerprint density at radius 2 is 1.79 bits per heavy atom. The number of rotatable bonds is 4. The molecule has 1 N–H and O–H groups in total. The summed E-state index contributed by atoms with van der Waals surface area (Å²) in [6.45, 7) is 5.67. The highest BCUT2D eigenvalue weighted by molar-refractivity contribution is 7.93. The van der Waals surface area contributed by atoms with Gasteiger partial charge in [-0.15, -0.1) is 0 Å². The molecule has 3 aromatic carbocycles. The molecule has 0 radical (unpaired) electrons. The number of hydrogen-bond acceptors (Lipinski definition) is 3.